The van der Waals surface area contributed by atoms with Crippen molar-refractivity contribution >= 4 is 38.5 Å². The van der Waals surface area contributed by atoms with Gasteiger partial charge in [0.05, 0.1) is 0 Å². The summed E-state index contributed by atoms with van der Waals surface area (Å²) in [6, 6.07) is 6.73. The van der Waals surface area contributed by atoms with Crippen molar-refractivity contribution < 1.29 is 0 Å². The molecule has 3 N–H and O–H groups in total. The summed E-state index contributed by atoms with van der Waals surface area (Å²) in [6.07, 6.45) is 6.60. The molecule has 0 amide bonds. The number of hydrogen-bond donors (Lipinski definition) is 2. The van der Waals surface area contributed by atoms with E-state index in [9.17, 15) is 0 Å². The van der Waals surface area contributed by atoms with Crippen molar-refractivity contribution in [2.75, 3.05) is 0 Å². The molecule has 1 atom stereocenters. The van der Waals surface area contributed by atoms with Gasteiger partial charge in [-0.15, -0.1) is 0 Å². The van der Waals surface area contributed by atoms with E-state index < -0.39 is 0 Å². The summed E-state index contributed by atoms with van der Waals surface area (Å²) in [7, 11) is 0. The predicted octanol–water partition coefficient (Wildman–Crippen LogP) is 4.77. The quantitative estimate of drug-likeness (QED) is 0.405. The van der Waals surface area contributed by atoms with Gasteiger partial charge in [0.2, 0.25) is 0 Å². The number of hydrogen-bond acceptors (Lipinski definition) is 2. The number of nitrogens with two attached hydrogens (primary N) is 1. The molecule has 0 aliphatic heterocycles. The Morgan fingerprint density at radius 1 is 1.37 bits per heavy atom. The topological polar surface area (TPSA) is 38.0 Å². The number of rotatable bonds is 4. The highest BCUT2D eigenvalue weighted by Crippen LogP contribution is 2.39. The van der Waals surface area contributed by atoms with Gasteiger partial charge in [-0.1, -0.05) is 42.1 Å². The summed E-state index contributed by atoms with van der Waals surface area (Å²) in [5.41, 5.74) is 4.39. The van der Waals surface area contributed by atoms with E-state index >= 15 is 0 Å². The largest absolute Gasteiger partial charge is 0.271 e. The van der Waals surface area contributed by atoms with E-state index in [2.05, 4.69) is 69.1 Å². The number of benzene rings is 1. The first-order chi connectivity index (χ1) is 9.15. The lowest BCUT2D eigenvalue weighted by Gasteiger charge is -2.34. The third kappa shape index (κ3) is 3.93. The molecule has 0 bridgehead atoms. The molecule has 0 aromatic heterocycles. The highest BCUT2D eigenvalue weighted by molar-refractivity contribution is 14.1. The molecule has 0 heterocycles. The van der Waals surface area contributed by atoms with E-state index in [4.69, 9.17) is 5.84 Å². The summed E-state index contributed by atoms with van der Waals surface area (Å²) in [4.78, 5) is 0. The summed E-state index contributed by atoms with van der Waals surface area (Å²) in [5, 5.41) is 0. The molecule has 2 rings (SSSR count). The van der Waals surface area contributed by atoms with E-state index in [-0.39, 0.29) is 6.04 Å². The van der Waals surface area contributed by atoms with Crippen LogP contribution in [0.3, 0.4) is 0 Å². The molecule has 0 radical (unpaired) electrons. The van der Waals surface area contributed by atoms with Crippen LogP contribution in [0.5, 0.6) is 0 Å². The van der Waals surface area contributed by atoms with E-state index in [0.717, 1.165) is 10.4 Å². The van der Waals surface area contributed by atoms with Crippen LogP contribution in [0.2, 0.25) is 0 Å². The molecule has 2 nitrogen and oxygen atoms in total. The second kappa shape index (κ2) is 7.38. The average molecular weight is 437 g/mol. The Bertz CT molecular complexity index is 417. The molecule has 1 aliphatic rings. The Labute approximate surface area is 138 Å². The molecule has 0 spiro atoms. The van der Waals surface area contributed by atoms with E-state index in [1.165, 1.54) is 41.2 Å². The third-order valence-electron chi connectivity index (χ3n) is 4.41. The molecule has 1 aliphatic carbocycles. The highest BCUT2D eigenvalue weighted by Gasteiger charge is 2.28. The maximum absolute atomic E-state index is 5.85. The third-order valence-corrected chi connectivity index (χ3v) is 5.89. The van der Waals surface area contributed by atoms with Gasteiger partial charge in [0.25, 0.3) is 0 Å². The zero-order chi connectivity index (χ0) is 13.8. The van der Waals surface area contributed by atoms with Crippen LogP contribution in [0, 0.1) is 15.4 Å². The second-order valence-corrected chi connectivity index (χ2v) is 7.58. The molecule has 1 fully saturated rings. The minimum Gasteiger partial charge on any atom is -0.271 e. The van der Waals surface area contributed by atoms with Crippen LogP contribution in [-0.2, 0) is 0 Å². The smallest absolute Gasteiger partial charge is 0.0499 e. The monoisotopic (exact) mass is 436 g/mol. The van der Waals surface area contributed by atoms with Gasteiger partial charge in [0.1, 0.15) is 0 Å². The van der Waals surface area contributed by atoms with E-state index in [0.29, 0.717) is 5.92 Å². The fourth-order valence-electron chi connectivity index (χ4n) is 3.16. The zero-order valence-corrected chi connectivity index (χ0v) is 15.1. The first-order valence-electron chi connectivity index (χ1n) is 7.06. The zero-order valence-electron chi connectivity index (χ0n) is 11.3. The fourth-order valence-corrected chi connectivity index (χ4v) is 4.21. The van der Waals surface area contributed by atoms with Gasteiger partial charge in [-0.05, 0) is 71.0 Å². The Morgan fingerprint density at radius 2 is 2.05 bits per heavy atom. The Morgan fingerprint density at radius 3 is 2.63 bits per heavy atom. The lowest BCUT2D eigenvalue weighted by atomic mass is 9.76. The summed E-state index contributed by atoms with van der Waals surface area (Å²) in [5.74, 6) is 7.44. The summed E-state index contributed by atoms with van der Waals surface area (Å²) < 4.78 is 2.42. The predicted molar refractivity (Wildman–Crippen MR) is 92.7 cm³/mol. The molecule has 106 valence electrons. The second-order valence-electron chi connectivity index (χ2n) is 5.50. The van der Waals surface area contributed by atoms with Gasteiger partial charge in [-0.3, -0.25) is 11.3 Å². The molecule has 4 heteroatoms. The van der Waals surface area contributed by atoms with Crippen molar-refractivity contribution in [2.45, 2.75) is 45.1 Å². The van der Waals surface area contributed by atoms with Crippen molar-refractivity contribution in [2.24, 2.45) is 17.7 Å². The summed E-state index contributed by atoms with van der Waals surface area (Å²) in [6.45, 7) is 2.31. The Kier molecular flexibility index (Phi) is 6.11. The van der Waals surface area contributed by atoms with Crippen LogP contribution in [0.25, 0.3) is 0 Å². The fraction of sp³-hybridized carbons (Fsp3) is 0.600. The Hall–Kier alpha value is 0.350. The standard InChI is InChI=1S/C15H22BrIN2/c1-2-10-3-5-11(6-4-10)15(19-18)13-9-12(16)7-8-14(13)17/h7-11,15,19H,2-6,18H2,1H3. The molecular weight excluding hydrogens is 415 g/mol. The number of hydrazine groups is 1. The van der Waals surface area contributed by atoms with Crippen LogP contribution >= 0.6 is 38.5 Å². The van der Waals surface area contributed by atoms with Crippen LogP contribution in [0.4, 0.5) is 0 Å². The minimum atomic E-state index is 0.280. The maximum Gasteiger partial charge on any atom is 0.0499 e. The lowest BCUT2D eigenvalue weighted by Crippen LogP contribution is -2.35. The van der Waals surface area contributed by atoms with Crippen molar-refractivity contribution in [3.05, 3.63) is 31.8 Å². The van der Waals surface area contributed by atoms with Crippen molar-refractivity contribution in [1.82, 2.24) is 5.43 Å². The van der Waals surface area contributed by atoms with Crippen LogP contribution in [-0.4, -0.2) is 0 Å². The molecule has 1 aromatic rings. The van der Waals surface area contributed by atoms with Gasteiger partial charge in [0.15, 0.2) is 0 Å². The Balaban J connectivity index is 2.14. The lowest BCUT2D eigenvalue weighted by molar-refractivity contribution is 0.219. The normalized spacial score (nSPS) is 25.3. The molecule has 1 saturated carbocycles. The first kappa shape index (κ1) is 15.7. The molecular formula is C15H22BrIN2. The van der Waals surface area contributed by atoms with Crippen molar-refractivity contribution in [3.8, 4) is 0 Å². The van der Waals surface area contributed by atoms with Gasteiger partial charge < -0.3 is 0 Å². The SMILES string of the molecule is CCC1CCC(C(NN)c2cc(Br)ccc2I)CC1. The summed E-state index contributed by atoms with van der Waals surface area (Å²) >= 11 is 5.97. The van der Waals surface area contributed by atoms with Gasteiger partial charge >= 0.3 is 0 Å². The molecule has 0 saturated heterocycles. The average Bonchev–Trinajstić information content (AvgIpc) is 2.44. The van der Waals surface area contributed by atoms with E-state index in [1.807, 2.05) is 0 Å². The van der Waals surface area contributed by atoms with E-state index in [1.54, 1.807) is 0 Å². The van der Waals surface area contributed by atoms with Crippen LogP contribution < -0.4 is 11.3 Å². The molecule has 19 heavy (non-hydrogen) atoms. The van der Waals surface area contributed by atoms with Crippen molar-refractivity contribution in [1.29, 1.82) is 0 Å². The van der Waals surface area contributed by atoms with Gasteiger partial charge in [-0.2, -0.15) is 0 Å². The molecule has 1 aromatic carbocycles. The highest BCUT2D eigenvalue weighted by atomic mass is 127. The number of nitrogens with one attached hydrogen (secondary N) is 1. The van der Waals surface area contributed by atoms with Gasteiger partial charge in [0, 0.05) is 14.1 Å². The maximum atomic E-state index is 5.85. The first-order valence-corrected chi connectivity index (χ1v) is 8.94. The molecule has 1 unspecified atom stereocenters. The van der Waals surface area contributed by atoms with Crippen LogP contribution in [0.15, 0.2) is 22.7 Å². The minimum absolute atomic E-state index is 0.280. The van der Waals surface area contributed by atoms with Gasteiger partial charge in [-0.25, -0.2) is 0 Å². The number of halogens is 2. The van der Waals surface area contributed by atoms with Crippen molar-refractivity contribution in [3.63, 3.8) is 0 Å². The van der Waals surface area contributed by atoms with Crippen LogP contribution in [0.1, 0.15) is 50.6 Å².